The van der Waals surface area contributed by atoms with Gasteiger partial charge in [0.25, 0.3) is 0 Å². The third kappa shape index (κ3) is 6.88. The lowest BCUT2D eigenvalue weighted by Crippen LogP contribution is -2.51. The molecule has 0 bridgehead atoms. The second kappa shape index (κ2) is 13.1. The number of nitrogens with one attached hydrogen (secondary N) is 2. The summed E-state index contributed by atoms with van der Waals surface area (Å²) in [7, 11) is 3.26. The van der Waals surface area contributed by atoms with Crippen LogP contribution in [0.1, 0.15) is 50.7 Å². The zero-order chi connectivity index (χ0) is 32.6. The molecule has 0 radical (unpaired) electrons. The van der Waals surface area contributed by atoms with Gasteiger partial charge in [0.1, 0.15) is 5.75 Å². The smallest absolute Gasteiger partial charge is 0.218 e. The number of aliphatic hydroxyl groups is 2. The van der Waals surface area contributed by atoms with Crippen molar-refractivity contribution in [3.8, 4) is 45.3 Å². The number of nitrogens with zero attached hydrogens (tertiary/aromatic N) is 2. The van der Waals surface area contributed by atoms with Crippen molar-refractivity contribution in [2.24, 2.45) is 0 Å². The Bertz CT molecular complexity index is 1600. The molecular formula is C36H40Cl2N4O4. The Morgan fingerprint density at radius 3 is 2.02 bits per heavy atom. The Hall–Kier alpha value is -3.24. The fraction of sp³-hybridized carbons (Fsp3) is 0.389. The number of halogens is 2. The number of benzene rings is 2. The molecule has 0 unspecified atom stereocenters. The summed E-state index contributed by atoms with van der Waals surface area (Å²) in [6.45, 7) is 4.95. The van der Waals surface area contributed by atoms with Crippen LogP contribution in [0.25, 0.3) is 33.6 Å². The normalized spacial score (nSPS) is 23.8. The van der Waals surface area contributed by atoms with Crippen molar-refractivity contribution in [3.05, 3.63) is 82.0 Å². The zero-order valence-corrected chi connectivity index (χ0v) is 28.0. The van der Waals surface area contributed by atoms with E-state index in [1.54, 1.807) is 20.4 Å². The van der Waals surface area contributed by atoms with E-state index in [9.17, 15) is 10.2 Å². The van der Waals surface area contributed by atoms with E-state index in [0.29, 0.717) is 40.4 Å². The molecule has 10 heteroatoms. The lowest BCUT2D eigenvalue weighted by Gasteiger charge is -2.41. The van der Waals surface area contributed by atoms with Gasteiger partial charge in [-0.15, -0.1) is 0 Å². The summed E-state index contributed by atoms with van der Waals surface area (Å²) in [5.74, 6) is 1.26. The van der Waals surface area contributed by atoms with Crippen LogP contribution in [0.3, 0.4) is 0 Å². The molecule has 2 saturated carbocycles. The van der Waals surface area contributed by atoms with Crippen LogP contribution in [0.15, 0.2) is 60.8 Å². The van der Waals surface area contributed by atoms with Crippen LogP contribution in [-0.2, 0) is 13.1 Å². The average Bonchev–Trinajstić information content (AvgIpc) is 3.01. The van der Waals surface area contributed by atoms with Crippen LogP contribution in [0.2, 0.25) is 10.0 Å². The molecule has 2 aliphatic rings. The Labute approximate surface area is 280 Å². The molecule has 242 valence electrons. The maximum atomic E-state index is 10.0. The summed E-state index contributed by atoms with van der Waals surface area (Å²) in [6.07, 6.45) is 4.66. The predicted molar refractivity (Wildman–Crippen MR) is 182 cm³/mol. The fourth-order valence-corrected chi connectivity index (χ4v) is 7.21. The summed E-state index contributed by atoms with van der Waals surface area (Å²) < 4.78 is 11.4. The second-order valence-corrected chi connectivity index (χ2v) is 13.8. The molecule has 6 rings (SSSR count). The number of hydrogen-bond donors (Lipinski definition) is 4. The van der Waals surface area contributed by atoms with Gasteiger partial charge in [-0.3, -0.25) is 4.98 Å². The first kappa shape index (κ1) is 32.7. The van der Waals surface area contributed by atoms with E-state index in [0.717, 1.165) is 64.8 Å². The van der Waals surface area contributed by atoms with Crippen LogP contribution >= 0.6 is 23.2 Å². The lowest BCUT2D eigenvalue weighted by molar-refractivity contribution is -0.0399. The highest BCUT2D eigenvalue weighted by molar-refractivity contribution is 6.39. The van der Waals surface area contributed by atoms with Gasteiger partial charge in [-0.1, -0.05) is 59.6 Å². The first-order valence-electron chi connectivity index (χ1n) is 15.5. The maximum absolute atomic E-state index is 10.0. The molecule has 4 aromatic rings. The molecule has 0 atom stereocenters. The molecule has 4 N–H and O–H groups in total. The van der Waals surface area contributed by atoms with Gasteiger partial charge >= 0.3 is 0 Å². The van der Waals surface area contributed by atoms with E-state index in [1.165, 1.54) is 0 Å². The standard InChI is InChI=1S/C36H40Cl2N4O4/c1-35(43)15-24(16-35)40-19-22-9-8-21(14-30(22)45-3)33-32(38)27(12-13-39-33)26-6-5-7-28(31(26)37)29-11-10-23(34(42-29)46-4)20-41-25-17-36(2,44)18-25/h5-14,24-25,40-41,43-44H,15-20H2,1-4H3/t24-,25-,35+,36-. The summed E-state index contributed by atoms with van der Waals surface area (Å²) >= 11 is 14.1. The maximum Gasteiger partial charge on any atom is 0.218 e. The third-order valence-electron chi connectivity index (χ3n) is 9.05. The highest BCUT2D eigenvalue weighted by atomic mass is 35.5. The van der Waals surface area contributed by atoms with Crippen molar-refractivity contribution in [3.63, 3.8) is 0 Å². The molecular weight excluding hydrogens is 623 g/mol. The van der Waals surface area contributed by atoms with Crippen molar-refractivity contribution in [2.45, 2.75) is 75.9 Å². The van der Waals surface area contributed by atoms with Crippen molar-refractivity contribution >= 4 is 23.2 Å². The van der Waals surface area contributed by atoms with Gasteiger partial charge in [0, 0.05) is 64.8 Å². The molecule has 0 aliphatic heterocycles. The zero-order valence-electron chi connectivity index (χ0n) is 26.5. The van der Waals surface area contributed by atoms with E-state index >= 15 is 0 Å². The first-order chi connectivity index (χ1) is 22.0. The quantitative estimate of drug-likeness (QED) is 0.139. The van der Waals surface area contributed by atoms with E-state index in [2.05, 4.69) is 15.6 Å². The fourth-order valence-electron chi connectivity index (χ4n) is 6.56. The van der Waals surface area contributed by atoms with E-state index < -0.39 is 11.2 Å². The van der Waals surface area contributed by atoms with Crippen molar-refractivity contribution in [1.29, 1.82) is 0 Å². The summed E-state index contributed by atoms with van der Waals surface area (Å²) in [4.78, 5) is 9.41. The van der Waals surface area contributed by atoms with Gasteiger partial charge in [-0.05, 0) is 57.7 Å². The minimum absolute atomic E-state index is 0.271. The minimum Gasteiger partial charge on any atom is -0.496 e. The number of pyridine rings is 2. The van der Waals surface area contributed by atoms with Crippen molar-refractivity contribution < 1.29 is 19.7 Å². The van der Waals surface area contributed by atoms with Gasteiger partial charge in [0.05, 0.1) is 46.9 Å². The summed E-state index contributed by atoms with van der Waals surface area (Å²) in [5, 5.41) is 28.1. The molecule has 2 aromatic carbocycles. The number of ether oxygens (including phenoxy) is 2. The molecule has 8 nitrogen and oxygen atoms in total. The molecule has 46 heavy (non-hydrogen) atoms. The highest BCUT2D eigenvalue weighted by Crippen LogP contribution is 2.42. The lowest BCUT2D eigenvalue weighted by atomic mass is 9.77. The van der Waals surface area contributed by atoms with Crippen LogP contribution in [0.5, 0.6) is 11.6 Å². The molecule has 0 saturated heterocycles. The van der Waals surface area contributed by atoms with Gasteiger partial charge in [0.15, 0.2) is 0 Å². The Morgan fingerprint density at radius 2 is 1.39 bits per heavy atom. The number of hydrogen-bond acceptors (Lipinski definition) is 8. The number of aromatic nitrogens is 2. The Kier molecular flexibility index (Phi) is 9.31. The van der Waals surface area contributed by atoms with E-state index in [1.807, 2.05) is 68.4 Å². The topological polar surface area (TPSA) is 109 Å². The molecule has 0 amide bonds. The number of methoxy groups -OCH3 is 2. The highest BCUT2D eigenvalue weighted by Gasteiger charge is 2.38. The molecule has 2 fully saturated rings. The van der Waals surface area contributed by atoms with Crippen LogP contribution in [0.4, 0.5) is 0 Å². The first-order valence-corrected chi connectivity index (χ1v) is 16.3. The Balaban J connectivity index is 1.23. The largest absolute Gasteiger partial charge is 0.496 e. The van der Waals surface area contributed by atoms with Gasteiger partial charge in [0.2, 0.25) is 5.88 Å². The van der Waals surface area contributed by atoms with Crippen LogP contribution in [-0.4, -0.2) is 57.7 Å². The molecule has 2 aromatic heterocycles. The van der Waals surface area contributed by atoms with Gasteiger partial charge in [-0.25, -0.2) is 4.98 Å². The Morgan fingerprint density at radius 1 is 0.783 bits per heavy atom. The molecule has 2 aliphatic carbocycles. The molecule has 0 spiro atoms. The van der Waals surface area contributed by atoms with Crippen molar-refractivity contribution in [1.82, 2.24) is 20.6 Å². The average molecular weight is 664 g/mol. The minimum atomic E-state index is -0.584. The third-order valence-corrected chi connectivity index (χ3v) is 9.84. The van der Waals surface area contributed by atoms with Crippen molar-refractivity contribution in [2.75, 3.05) is 14.2 Å². The van der Waals surface area contributed by atoms with E-state index in [4.69, 9.17) is 37.7 Å². The monoisotopic (exact) mass is 662 g/mol. The van der Waals surface area contributed by atoms with Crippen LogP contribution in [0, 0.1) is 0 Å². The van der Waals surface area contributed by atoms with E-state index in [-0.39, 0.29) is 12.1 Å². The number of rotatable bonds is 11. The molecule has 2 heterocycles. The second-order valence-electron chi connectivity index (χ2n) is 13.0. The predicted octanol–water partition coefficient (Wildman–Crippen LogP) is 6.81. The summed E-state index contributed by atoms with van der Waals surface area (Å²) in [6, 6.07) is 18.1. The van der Waals surface area contributed by atoms with Crippen LogP contribution < -0.4 is 20.1 Å². The SMILES string of the molecule is COc1cc(-c2nccc(-c3cccc(-c4ccc(CN[C@H]5C[C@](C)(O)C5)c(OC)n4)c3Cl)c2Cl)ccc1CN[C@H]1C[C@@](C)(O)C1. The summed E-state index contributed by atoms with van der Waals surface area (Å²) in [5.41, 5.74) is 5.20. The van der Waals surface area contributed by atoms with Gasteiger partial charge in [-0.2, -0.15) is 0 Å². The van der Waals surface area contributed by atoms with Gasteiger partial charge < -0.3 is 30.3 Å².